The Morgan fingerprint density at radius 3 is 2.53 bits per heavy atom. The third-order valence-electron chi connectivity index (χ3n) is 2.73. The summed E-state index contributed by atoms with van der Waals surface area (Å²) < 4.78 is 5.12. The van der Waals surface area contributed by atoms with Crippen LogP contribution >= 0.6 is 0 Å². The van der Waals surface area contributed by atoms with Crippen molar-refractivity contribution in [1.29, 1.82) is 0 Å². The van der Waals surface area contributed by atoms with Crippen LogP contribution in [0.2, 0.25) is 0 Å². The molecule has 0 aliphatic carbocycles. The van der Waals surface area contributed by atoms with Gasteiger partial charge in [0.05, 0.1) is 6.61 Å². The van der Waals surface area contributed by atoms with Gasteiger partial charge in [0, 0.05) is 13.1 Å². The molecule has 17 heavy (non-hydrogen) atoms. The van der Waals surface area contributed by atoms with E-state index >= 15 is 0 Å². The molecule has 4 heteroatoms. The van der Waals surface area contributed by atoms with Crippen LogP contribution in [0.5, 0.6) is 0 Å². The highest BCUT2D eigenvalue weighted by Crippen LogP contribution is 2.20. The molecule has 1 heterocycles. The van der Waals surface area contributed by atoms with Crippen molar-refractivity contribution >= 4 is 11.9 Å². The predicted octanol–water partition coefficient (Wildman–Crippen LogP) is 1.69. The minimum atomic E-state index is -0.563. The van der Waals surface area contributed by atoms with Gasteiger partial charge < -0.3 is 9.64 Å². The molecule has 1 saturated heterocycles. The fourth-order valence-corrected chi connectivity index (χ4v) is 1.93. The van der Waals surface area contributed by atoms with E-state index in [0.29, 0.717) is 31.4 Å². The Hall–Kier alpha value is -1.06. The Bertz CT molecular complexity index is 286. The topological polar surface area (TPSA) is 46.6 Å². The highest BCUT2D eigenvalue weighted by Gasteiger charge is 2.37. The van der Waals surface area contributed by atoms with Crippen molar-refractivity contribution in [2.45, 2.75) is 34.1 Å². The number of amides is 1. The Kier molecular flexibility index (Phi) is 4.97. The van der Waals surface area contributed by atoms with Crippen LogP contribution in [0.3, 0.4) is 0 Å². The summed E-state index contributed by atoms with van der Waals surface area (Å²) in [4.78, 5) is 25.4. The lowest BCUT2D eigenvalue weighted by Crippen LogP contribution is -2.33. The number of likely N-dealkylation sites (tertiary alicyclic amines) is 1. The number of rotatable bonds is 5. The van der Waals surface area contributed by atoms with E-state index in [4.69, 9.17) is 4.74 Å². The molecular formula is C13H23NO3. The summed E-state index contributed by atoms with van der Waals surface area (Å²) in [6, 6.07) is 0. The molecular weight excluding hydrogens is 218 g/mol. The van der Waals surface area contributed by atoms with Crippen molar-refractivity contribution in [3.63, 3.8) is 0 Å². The molecule has 1 atom stereocenters. The maximum absolute atomic E-state index is 12.0. The Morgan fingerprint density at radius 2 is 2.00 bits per heavy atom. The fourth-order valence-electron chi connectivity index (χ4n) is 1.93. The zero-order chi connectivity index (χ0) is 13.0. The normalized spacial score (nSPS) is 20.5. The molecule has 1 rings (SSSR count). The lowest BCUT2D eigenvalue weighted by molar-refractivity contribution is -0.153. The molecule has 0 aromatic carbocycles. The monoisotopic (exact) mass is 241 g/mol. The van der Waals surface area contributed by atoms with Crippen molar-refractivity contribution < 1.29 is 14.3 Å². The van der Waals surface area contributed by atoms with Crippen LogP contribution < -0.4 is 0 Å². The zero-order valence-corrected chi connectivity index (χ0v) is 11.2. The zero-order valence-electron chi connectivity index (χ0n) is 11.2. The summed E-state index contributed by atoms with van der Waals surface area (Å²) in [5.41, 5.74) is 0. The van der Waals surface area contributed by atoms with Crippen LogP contribution in [0.25, 0.3) is 0 Å². The van der Waals surface area contributed by atoms with Gasteiger partial charge in [-0.1, -0.05) is 27.7 Å². The van der Waals surface area contributed by atoms with Crippen molar-refractivity contribution in [2.75, 3.05) is 19.7 Å². The summed E-state index contributed by atoms with van der Waals surface area (Å²) >= 11 is 0. The minimum absolute atomic E-state index is 0.0625. The van der Waals surface area contributed by atoms with Gasteiger partial charge >= 0.3 is 5.97 Å². The Labute approximate surface area is 103 Å². The SMILES string of the molecule is CC(C)COC(=O)C1CCN(CC(C)C)C1=O. The maximum Gasteiger partial charge on any atom is 0.318 e. The standard InChI is InChI=1S/C13H23NO3/c1-9(2)7-14-6-5-11(12(14)15)13(16)17-8-10(3)4/h9-11H,5-8H2,1-4H3. The van der Waals surface area contributed by atoms with Gasteiger partial charge in [-0.15, -0.1) is 0 Å². The number of hydrogen-bond donors (Lipinski definition) is 0. The third-order valence-corrected chi connectivity index (χ3v) is 2.73. The largest absolute Gasteiger partial charge is 0.465 e. The summed E-state index contributed by atoms with van der Waals surface area (Å²) in [7, 11) is 0. The van der Waals surface area contributed by atoms with Crippen molar-refractivity contribution in [3.05, 3.63) is 0 Å². The van der Waals surface area contributed by atoms with Crippen molar-refractivity contribution in [3.8, 4) is 0 Å². The molecule has 1 unspecified atom stereocenters. The smallest absolute Gasteiger partial charge is 0.318 e. The maximum atomic E-state index is 12.0. The molecule has 1 aliphatic rings. The third kappa shape index (κ3) is 4.02. The van der Waals surface area contributed by atoms with Crippen LogP contribution in [0.4, 0.5) is 0 Å². The molecule has 1 amide bonds. The lowest BCUT2D eigenvalue weighted by Gasteiger charge is -2.18. The highest BCUT2D eigenvalue weighted by atomic mass is 16.5. The van der Waals surface area contributed by atoms with E-state index < -0.39 is 5.92 Å². The fraction of sp³-hybridized carbons (Fsp3) is 0.846. The van der Waals surface area contributed by atoms with Crippen LogP contribution in [-0.4, -0.2) is 36.5 Å². The number of ether oxygens (including phenoxy) is 1. The summed E-state index contributed by atoms with van der Waals surface area (Å²) in [5, 5.41) is 0. The van der Waals surface area contributed by atoms with Gasteiger partial charge in [0.25, 0.3) is 0 Å². The summed E-state index contributed by atoms with van der Waals surface area (Å²) in [6.07, 6.45) is 0.600. The van der Waals surface area contributed by atoms with Gasteiger partial charge in [0.2, 0.25) is 5.91 Å². The first-order chi connectivity index (χ1) is 7.91. The average Bonchev–Trinajstić information content (AvgIpc) is 2.56. The van der Waals surface area contributed by atoms with E-state index in [2.05, 4.69) is 13.8 Å². The van der Waals surface area contributed by atoms with Gasteiger partial charge in [-0.2, -0.15) is 0 Å². The van der Waals surface area contributed by atoms with Crippen molar-refractivity contribution in [1.82, 2.24) is 4.90 Å². The van der Waals surface area contributed by atoms with Crippen LogP contribution in [0, 0.1) is 17.8 Å². The van der Waals surface area contributed by atoms with Gasteiger partial charge in [0.1, 0.15) is 5.92 Å². The minimum Gasteiger partial charge on any atom is -0.465 e. The second kappa shape index (κ2) is 6.03. The van der Waals surface area contributed by atoms with E-state index in [-0.39, 0.29) is 11.9 Å². The van der Waals surface area contributed by atoms with E-state index in [9.17, 15) is 9.59 Å². The Balaban J connectivity index is 2.46. The van der Waals surface area contributed by atoms with Gasteiger partial charge in [-0.25, -0.2) is 0 Å². The number of hydrogen-bond acceptors (Lipinski definition) is 3. The molecule has 98 valence electrons. The van der Waals surface area contributed by atoms with Crippen LogP contribution in [0.1, 0.15) is 34.1 Å². The number of carbonyl (C=O) groups is 2. The molecule has 0 aromatic rings. The number of esters is 1. The predicted molar refractivity (Wildman–Crippen MR) is 65.3 cm³/mol. The summed E-state index contributed by atoms with van der Waals surface area (Å²) in [6.45, 7) is 9.90. The average molecular weight is 241 g/mol. The quantitative estimate of drug-likeness (QED) is 0.543. The molecule has 4 nitrogen and oxygen atoms in total. The Morgan fingerprint density at radius 1 is 1.35 bits per heavy atom. The number of carbonyl (C=O) groups excluding carboxylic acids is 2. The first-order valence-corrected chi connectivity index (χ1v) is 6.37. The summed E-state index contributed by atoms with van der Waals surface area (Å²) in [5.74, 6) is -0.235. The van der Waals surface area contributed by atoms with Crippen molar-refractivity contribution in [2.24, 2.45) is 17.8 Å². The molecule has 0 bridgehead atoms. The molecule has 1 fully saturated rings. The molecule has 0 N–H and O–H groups in total. The van der Waals surface area contributed by atoms with Gasteiger partial charge in [0.15, 0.2) is 0 Å². The van der Waals surface area contributed by atoms with Crippen LogP contribution in [-0.2, 0) is 14.3 Å². The molecule has 0 saturated carbocycles. The highest BCUT2D eigenvalue weighted by molar-refractivity contribution is 5.99. The van der Waals surface area contributed by atoms with E-state index in [0.717, 1.165) is 6.54 Å². The second-order valence-corrected chi connectivity index (χ2v) is 5.54. The molecule has 0 spiro atoms. The van der Waals surface area contributed by atoms with Crippen LogP contribution in [0.15, 0.2) is 0 Å². The second-order valence-electron chi connectivity index (χ2n) is 5.54. The first kappa shape index (κ1) is 14.0. The molecule has 0 radical (unpaired) electrons. The van der Waals surface area contributed by atoms with Gasteiger partial charge in [-0.3, -0.25) is 9.59 Å². The first-order valence-electron chi connectivity index (χ1n) is 6.37. The van der Waals surface area contributed by atoms with E-state index in [1.807, 2.05) is 13.8 Å². The number of nitrogens with zero attached hydrogens (tertiary/aromatic N) is 1. The van der Waals surface area contributed by atoms with Gasteiger partial charge in [-0.05, 0) is 18.3 Å². The molecule has 0 aromatic heterocycles. The van der Waals surface area contributed by atoms with E-state index in [1.54, 1.807) is 4.90 Å². The lowest BCUT2D eigenvalue weighted by atomic mass is 10.1. The van der Waals surface area contributed by atoms with E-state index in [1.165, 1.54) is 0 Å². The molecule has 1 aliphatic heterocycles.